The summed E-state index contributed by atoms with van der Waals surface area (Å²) in [5.41, 5.74) is -2.99. The van der Waals surface area contributed by atoms with E-state index < -0.39 is 45.8 Å². The first-order valence-electron chi connectivity index (χ1n) is 5.43. The van der Waals surface area contributed by atoms with E-state index in [2.05, 4.69) is 0 Å². The SMILES string of the molecule is CC(NC(=O)c1ccc(C(F)(F)F)cc1[N+](=O)[O-])C(=O)O. The Morgan fingerprint density at radius 1 is 1.38 bits per heavy atom. The fourth-order valence-corrected chi connectivity index (χ4v) is 1.39. The number of carbonyl (C=O) groups excluding carboxylic acids is 1. The van der Waals surface area contributed by atoms with Crippen LogP contribution in [-0.2, 0) is 11.0 Å². The van der Waals surface area contributed by atoms with Crippen molar-refractivity contribution in [3.8, 4) is 0 Å². The third kappa shape index (κ3) is 3.91. The van der Waals surface area contributed by atoms with E-state index in [1.807, 2.05) is 5.32 Å². The van der Waals surface area contributed by atoms with Crippen molar-refractivity contribution in [3.05, 3.63) is 39.4 Å². The van der Waals surface area contributed by atoms with Gasteiger partial charge in [0, 0.05) is 6.07 Å². The van der Waals surface area contributed by atoms with Gasteiger partial charge in [0.2, 0.25) is 0 Å². The molecule has 0 aliphatic carbocycles. The first-order valence-corrected chi connectivity index (χ1v) is 5.43. The van der Waals surface area contributed by atoms with E-state index in [1.54, 1.807) is 0 Å². The summed E-state index contributed by atoms with van der Waals surface area (Å²) in [5.74, 6) is -2.54. The summed E-state index contributed by atoms with van der Waals surface area (Å²) in [7, 11) is 0. The van der Waals surface area contributed by atoms with Gasteiger partial charge in [-0.2, -0.15) is 13.2 Å². The molecular weight excluding hydrogens is 297 g/mol. The zero-order valence-corrected chi connectivity index (χ0v) is 10.5. The molecule has 2 N–H and O–H groups in total. The van der Waals surface area contributed by atoms with Crippen molar-refractivity contribution in [1.82, 2.24) is 5.32 Å². The van der Waals surface area contributed by atoms with Gasteiger partial charge < -0.3 is 10.4 Å². The molecule has 0 bridgehead atoms. The molecule has 0 spiro atoms. The number of amides is 1. The minimum absolute atomic E-state index is 0.223. The highest BCUT2D eigenvalue weighted by Gasteiger charge is 2.34. The molecule has 7 nitrogen and oxygen atoms in total. The molecule has 114 valence electrons. The number of hydrogen-bond acceptors (Lipinski definition) is 4. The number of hydrogen-bond donors (Lipinski definition) is 2. The second-order valence-corrected chi connectivity index (χ2v) is 4.02. The molecule has 1 unspecified atom stereocenters. The van der Waals surface area contributed by atoms with Crippen LogP contribution in [0, 0.1) is 10.1 Å². The van der Waals surface area contributed by atoms with Gasteiger partial charge in [-0.3, -0.25) is 19.7 Å². The molecule has 21 heavy (non-hydrogen) atoms. The minimum atomic E-state index is -4.80. The van der Waals surface area contributed by atoms with Gasteiger partial charge in [0.25, 0.3) is 11.6 Å². The maximum absolute atomic E-state index is 12.5. The lowest BCUT2D eigenvalue weighted by Gasteiger charge is -2.11. The molecule has 0 heterocycles. The van der Waals surface area contributed by atoms with Gasteiger partial charge in [-0.15, -0.1) is 0 Å². The van der Waals surface area contributed by atoms with E-state index in [1.165, 1.54) is 0 Å². The Bertz CT molecular complexity index is 600. The number of halogens is 3. The molecule has 1 aromatic rings. The van der Waals surface area contributed by atoms with Crippen molar-refractivity contribution in [3.63, 3.8) is 0 Å². The minimum Gasteiger partial charge on any atom is -0.480 e. The summed E-state index contributed by atoms with van der Waals surface area (Å²) in [5, 5.41) is 21.3. The second-order valence-electron chi connectivity index (χ2n) is 4.02. The van der Waals surface area contributed by atoms with Crippen LogP contribution in [0.5, 0.6) is 0 Å². The Morgan fingerprint density at radius 3 is 2.38 bits per heavy atom. The van der Waals surface area contributed by atoms with Crippen molar-refractivity contribution in [2.75, 3.05) is 0 Å². The van der Waals surface area contributed by atoms with E-state index in [-0.39, 0.29) is 6.07 Å². The normalized spacial score (nSPS) is 12.6. The Morgan fingerprint density at radius 2 is 1.95 bits per heavy atom. The fraction of sp³-hybridized carbons (Fsp3) is 0.273. The molecule has 1 rings (SSSR count). The van der Waals surface area contributed by atoms with Crippen LogP contribution in [0.4, 0.5) is 18.9 Å². The monoisotopic (exact) mass is 306 g/mol. The summed E-state index contributed by atoms with van der Waals surface area (Å²) < 4.78 is 37.4. The quantitative estimate of drug-likeness (QED) is 0.651. The molecule has 1 aromatic carbocycles. The van der Waals surface area contributed by atoms with E-state index in [0.717, 1.165) is 6.92 Å². The molecular formula is C11H9F3N2O5. The number of nitro groups is 1. The van der Waals surface area contributed by atoms with Crippen LogP contribution in [0.2, 0.25) is 0 Å². The molecule has 1 atom stereocenters. The summed E-state index contributed by atoms with van der Waals surface area (Å²) in [6, 6.07) is 0.0119. The van der Waals surface area contributed by atoms with E-state index >= 15 is 0 Å². The van der Waals surface area contributed by atoms with Crippen molar-refractivity contribution in [2.24, 2.45) is 0 Å². The van der Waals surface area contributed by atoms with Gasteiger partial charge in [0.05, 0.1) is 10.5 Å². The molecule has 0 fully saturated rings. The number of aliphatic carboxylic acids is 1. The summed E-state index contributed by atoms with van der Waals surface area (Å²) in [6.07, 6.45) is -4.80. The first kappa shape index (κ1) is 16.4. The standard InChI is InChI=1S/C11H9F3N2O5/c1-5(10(18)19)15-9(17)7-3-2-6(11(12,13)14)4-8(7)16(20)21/h2-5H,1H3,(H,15,17)(H,18,19). The lowest BCUT2D eigenvalue weighted by Crippen LogP contribution is -2.38. The smallest absolute Gasteiger partial charge is 0.416 e. The van der Waals surface area contributed by atoms with Gasteiger partial charge >= 0.3 is 12.1 Å². The maximum Gasteiger partial charge on any atom is 0.416 e. The lowest BCUT2D eigenvalue weighted by atomic mass is 10.1. The Kier molecular flexibility index (Phi) is 4.51. The molecule has 0 saturated heterocycles. The summed E-state index contributed by atoms with van der Waals surface area (Å²) in [6.45, 7) is 1.11. The molecule has 1 amide bonds. The average molecular weight is 306 g/mol. The second kappa shape index (κ2) is 5.77. The van der Waals surface area contributed by atoms with Crippen LogP contribution in [0.3, 0.4) is 0 Å². The largest absolute Gasteiger partial charge is 0.480 e. The number of nitro benzene ring substituents is 1. The highest BCUT2D eigenvalue weighted by atomic mass is 19.4. The van der Waals surface area contributed by atoms with Crippen LogP contribution in [0.1, 0.15) is 22.8 Å². The van der Waals surface area contributed by atoms with Crippen molar-refractivity contribution >= 4 is 17.6 Å². The van der Waals surface area contributed by atoms with Gasteiger partial charge in [-0.05, 0) is 19.1 Å². The van der Waals surface area contributed by atoms with Crippen molar-refractivity contribution in [2.45, 2.75) is 19.1 Å². The molecule has 0 aromatic heterocycles. The molecule has 10 heteroatoms. The average Bonchev–Trinajstić information content (AvgIpc) is 2.36. The fourth-order valence-electron chi connectivity index (χ4n) is 1.39. The molecule has 0 radical (unpaired) electrons. The number of carbonyl (C=O) groups is 2. The molecule has 0 aliphatic rings. The number of rotatable bonds is 4. The summed E-state index contributed by atoms with van der Waals surface area (Å²) in [4.78, 5) is 31.9. The van der Waals surface area contributed by atoms with E-state index in [9.17, 15) is 32.9 Å². The number of carboxylic acid groups (broad SMARTS) is 1. The number of alkyl halides is 3. The zero-order valence-electron chi connectivity index (χ0n) is 10.5. The van der Waals surface area contributed by atoms with Crippen LogP contribution >= 0.6 is 0 Å². The number of nitrogens with zero attached hydrogens (tertiary/aromatic N) is 1. The summed E-state index contributed by atoms with van der Waals surface area (Å²) >= 11 is 0. The maximum atomic E-state index is 12.5. The van der Waals surface area contributed by atoms with Gasteiger partial charge in [0.15, 0.2) is 0 Å². The first-order chi connectivity index (χ1) is 9.54. The van der Waals surface area contributed by atoms with Crippen molar-refractivity contribution < 1.29 is 32.8 Å². The van der Waals surface area contributed by atoms with Crippen molar-refractivity contribution in [1.29, 1.82) is 0 Å². The van der Waals surface area contributed by atoms with Crippen LogP contribution in [-0.4, -0.2) is 27.9 Å². The third-order valence-corrected chi connectivity index (χ3v) is 2.48. The van der Waals surface area contributed by atoms with Crippen LogP contribution in [0.15, 0.2) is 18.2 Å². The van der Waals surface area contributed by atoms with Gasteiger partial charge in [-0.25, -0.2) is 0 Å². The zero-order chi connectivity index (χ0) is 16.4. The van der Waals surface area contributed by atoms with Gasteiger partial charge in [-0.1, -0.05) is 0 Å². The lowest BCUT2D eigenvalue weighted by molar-refractivity contribution is -0.385. The predicted molar refractivity (Wildman–Crippen MR) is 62.7 cm³/mol. The Hall–Kier alpha value is -2.65. The topological polar surface area (TPSA) is 110 Å². The van der Waals surface area contributed by atoms with Crippen LogP contribution in [0.25, 0.3) is 0 Å². The predicted octanol–water partition coefficient (Wildman–Crippen LogP) is 1.82. The third-order valence-electron chi connectivity index (χ3n) is 2.48. The highest BCUT2D eigenvalue weighted by molar-refractivity contribution is 6.00. The van der Waals surface area contributed by atoms with Gasteiger partial charge in [0.1, 0.15) is 11.6 Å². The Balaban J connectivity index is 3.21. The highest BCUT2D eigenvalue weighted by Crippen LogP contribution is 2.32. The van der Waals surface area contributed by atoms with Crippen LogP contribution < -0.4 is 5.32 Å². The van der Waals surface area contributed by atoms with E-state index in [4.69, 9.17) is 5.11 Å². The van der Waals surface area contributed by atoms with E-state index in [0.29, 0.717) is 12.1 Å². The number of nitrogens with one attached hydrogen (secondary N) is 1. The molecule has 0 aliphatic heterocycles. The molecule has 0 saturated carbocycles. The number of carboxylic acids is 1. The Labute approximate surface area is 115 Å². The number of benzene rings is 1.